The maximum Gasteiger partial charge on any atom is 0.328 e. The molecular weight excluding hydrogens is 461 g/mol. The predicted octanol–water partition coefficient (Wildman–Crippen LogP) is 5.16. The van der Waals surface area contributed by atoms with Crippen molar-refractivity contribution in [1.29, 1.82) is 0 Å². The zero-order chi connectivity index (χ0) is 23.8. The number of anilines is 1. The smallest absolute Gasteiger partial charge is 0.328 e. The minimum absolute atomic E-state index is 0.161. The normalized spacial score (nSPS) is 17.1. The largest absolute Gasteiger partial charge is 0.464 e. The lowest BCUT2D eigenvalue weighted by molar-refractivity contribution is -0.145. The second kappa shape index (κ2) is 12.3. The number of esters is 1. The second-order valence-corrected chi connectivity index (χ2v) is 9.17. The Hall–Kier alpha value is -2.28. The molecule has 1 aliphatic heterocycles. The molecule has 0 unspecified atom stereocenters. The van der Waals surface area contributed by atoms with E-state index in [9.17, 15) is 9.59 Å². The fourth-order valence-electron chi connectivity index (χ4n) is 3.97. The maximum absolute atomic E-state index is 12.8. The third kappa shape index (κ3) is 7.10. The first-order chi connectivity index (χ1) is 15.9. The summed E-state index contributed by atoms with van der Waals surface area (Å²) in [5, 5.41) is 7.12. The molecule has 2 aromatic rings. The summed E-state index contributed by atoms with van der Waals surface area (Å²) in [5.41, 5.74) is 8.87. The Morgan fingerprint density at radius 3 is 2.55 bits per heavy atom. The molecule has 0 saturated carbocycles. The number of carbonyl (C=O) groups excluding carboxylic acids is 2. The number of hydrogen-bond acceptors (Lipinski definition) is 5. The van der Waals surface area contributed by atoms with E-state index in [-0.39, 0.29) is 18.3 Å². The summed E-state index contributed by atoms with van der Waals surface area (Å²) in [7, 11) is 0. The van der Waals surface area contributed by atoms with E-state index < -0.39 is 12.1 Å². The molecule has 0 aromatic heterocycles. The third-order valence-corrected chi connectivity index (χ3v) is 6.26. The number of fused-ring (bicyclic) bond motifs is 1. The molecule has 0 bridgehead atoms. The third-order valence-electron chi connectivity index (χ3n) is 5.73. The van der Waals surface area contributed by atoms with Crippen LogP contribution in [0.3, 0.4) is 0 Å². The molecule has 1 amide bonds. The zero-order valence-corrected chi connectivity index (χ0v) is 20.3. The quantitative estimate of drug-likeness (QED) is 0.315. The molecule has 6 nitrogen and oxygen atoms in total. The van der Waals surface area contributed by atoms with Gasteiger partial charge in [-0.3, -0.25) is 4.79 Å². The van der Waals surface area contributed by atoms with Gasteiger partial charge in [-0.2, -0.15) is 0 Å². The van der Waals surface area contributed by atoms with Crippen LogP contribution in [0.1, 0.15) is 61.8 Å². The predicted molar refractivity (Wildman–Crippen MR) is 133 cm³/mol. The van der Waals surface area contributed by atoms with Crippen LogP contribution in [0.5, 0.6) is 0 Å². The summed E-state index contributed by atoms with van der Waals surface area (Å²) >= 11 is 12.7. The Labute approximate surface area is 205 Å². The van der Waals surface area contributed by atoms with E-state index in [1.54, 1.807) is 12.1 Å². The van der Waals surface area contributed by atoms with Crippen molar-refractivity contribution in [2.24, 2.45) is 5.73 Å². The minimum Gasteiger partial charge on any atom is -0.464 e. The van der Waals surface area contributed by atoms with Crippen molar-refractivity contribution < 1.29 is 14.3 Å². The number of carbonyl (C=O) groups is 2. The molecule has 178 valence electrons. The molecule has 0 radical (unpaired) electrons. The summed E-state index contributed by atoms with van der Waals surface area (Å²) < 4.78 is 5.48. The topological polar surface area (TPSA) is 93.5 Å². The molecule has 2 atom stereocenters. The maximum atomic E-state index is 12.8. The van der Waals surface area contributed by atoms with Gasteiger partial charge in [0.1, 0.15) is 6.04 Å². The lowest BCUT2D eigenvalue weighted by Crippen LogP contribution is -2.42. The Balaban J connectivity index is 1.70. The van der Waals surface area contributed by atoms with E-state index >= 15 is 0 Å². The van der Waals surface area contributed by atoms with Gasteiger partial charge in [0.25, 0.3) is 0 Å². The van der Waals surface area contributed by atoms with Crippen LogP contribution in [0.25, 0.3) is 0 Å². The van der Waals surface area contributed by atoms with Crippen molar-refractivity contribution in [3.05, 3.63) is 63.1 Å². The van der Waals surface area contributed by atoms with Gasteiger partial charge in [-0.05, 0) is 29.7 Å². The molecule has 0 fully saturated rings. The lowest BCUT2D eigenvalue weighted by atomic mass is 9.92. The van der Waals surface area contributed by atoms with Crippen LogP contribution in [0, 0.1) is 0 Å². The van der Waals surface area contributed by atoms with Crippen molar-refractivity contribution >= 4 is 40.8 Å². The molecule has 0 spiro atoms. The van der Waals surface area contributed by atoms with E-state index in [1.807, 2.05) is 24.3 Å². The van der Waals surface area contributed by atoms with Gasteiger partial charge < -0.3 is 21.1 Å². The van der Waals surface area contributed by atoms with Crippen molar-refractivity contribution in [3.8, 4) is 0 Å². The van der Waals surface area contributed by atoms with E-state index in [1.165, 1.54) is 0 Å². The summed E-state index contributed by atoms with van der Waals surface area (Å²) in [4.78, 5) is 25.6. The van der Waals surface area contributed by atoms with Gasteiger partial charge >= 0.3 is 5.97 Å². The Kier molecular flexibility index (Phi) is 9.41. The van der Waals surface area contributed by atoms with Gasteiger partial charge in [-0.1, -0.05) is 73.7 Å². The van der Waals surface area contributed by atoms with Crippen LogP contribution in [0.4, 0.5) is 5.69 Å². The summed E-state index contributed by atoms with van der Waals surface area (Å²) in [6.45, 7) is 2.97. The van der Waals surface area contributed by atoms with Crippen LogP contribution >= 0.6 is 23.2 Å². The molecule has 0 aliphatic carbocycles. The van der Waals surface area contributed by atoms with Gasteiger partial charge in [-0.25, -0.2) is 4.79 Å². The summed E-state index contributed by atoms with van der Waals surface area (Å²) in [5.74, 6) is -0.504. The monoisotopic (exact) mass is 491 g/mol. The first-order valence-corrected chi connectivity index (χ1v) is 12.2. The molecule has 1 heterocycles. The molecule has 4 N–H and O–H groups in total. The highest BCUT2D eigenvalue weighted by Gasteiger charge is 2.34. The van der Waals surface area contributed by atoms with Crippen LogP contribution < -0.4 is 16.4 Å². The molecular formula is C25H31Cl2N3O3. The first kappa shape index (κ1) is 25.3. The molecule has 8 heteroatoms. The molecule has 2 aromatic carbocycles. The standard InChI is InChI=1S/C25H31Cl2N3O3/c1-2-3-4-5-10-33-25(32)22-14-21(24-19(27)12-18(26)13-20(24)29-22)30-23(31)11-16-6-8-17(15-28)9-7-16/h6-9,12-13,21-22,29H,2-5,10-11,14-15,28H2,1H3,(H,30,31)/t21-,22+/m0/s1. The van der Waals surface area contributed by atoms with Crippen molar-refractivity contribution in [3.63, 3.8) is 0 Å². The number of benzene rings is 2. The minimum atomic E-state index is -0.604. The number of rotatable bonds is 10. The van der Waals surface area contributed by atoms with E-state index in [0.29, 0.717) is 35.3 Å². The van der Waals surface area contributed by atoms with Crippen LogP contribution in [-0.2, 0) is 27.3 Å². The average molecular weight is 492 g/mol. The van der Waals surface area contributed by atoms with Gasteiger partial charge in [0.15, 0.2) is 0 Å². The van der Waals surface area contributed by atoms with E-state index in [0.717, 1.165) is 42.4 Å². The van der Waals surface area contributed by atoms with Crippen LogP contribution in [-0.4, -0.2) is 24.5 Å². The number of nitrogens with two attached hydrogens (primary N) is 1. The van der Waals surface area contributed by atoms with Gasteiger partial charge in [0.2, 0.25) is 5.91 Å². The number of ether oxygens (including phenoxy) is 1. The van der Waals surface area contributed by atoms with Gasteiger partial charge in [0.05, 0.1) is 19.1 Å². The molecule has 33 heavy (non-hydrogen) atoms. The summed E-state index contributed by atoms with van der Waals surface area (Å²) in [6, 6.07) is 9.91. The van der Waals surface area contributed by atoms with Crippen molar-refractivity contribution in [2.75, 3.05) is 11.9 Å². The highest BCUT2D eigenvalue weighted by molar-refractivity contribution is 6.35. The van der Waals surface area contributed by atoms with Gasteiger partial charge in [0, 0.05) is 34.3 Å². The van der Waals surface area contributed by atoms with E-state index in [2.05, 4.69) is 17.6 Å². The fraction of sp³-hybridized carbons (Fsp3) is 0.440. The Morgan fingerprint density at radius 2 is 1.85 bits per heavy atom. The number of nitrogens with one attached hydrogen (secondary N) is 2. The van der Waals surface area contributed by atoms with E-state index in [4.69, 9.17) is 33.7 Å². The fourth-order valence-corrected chi connectivity index (χ4v) is 4.60. The molecule has 3 rings (SSSR count). The van der Waals surface area contributed by atoms with Crippen molar-refractivity contribution in [1.82, 2.24) is 5.32 Å². The Bertz CT molecular complexity index is 966. The zero-order valence-electron chi connectivity index (χ0n) is 18.8. The first-order valence-electron chi connectivity index (χ1n) is 11.4. The molecule has 0 saturated heterocycles. The van der Waals surface area contributed by atoms with Crippen molar-refractivity contribution in [2.45, 2.75) is 64.1 Å². The summed E-state index contributed by atoms with van der Waals surface area (Å²) in [6.07, 6.45) is 4.65. The number of unbranched alkanes of at least 4 members (excludes halogenated alkanes) is 3. The van der Waals surface area contributed by atoms with Crippen LogP contribution in [0.15, 0.2) is 36.4 Å². The SMILES string of the molecule is CCCCCCOC(=O)[C@H]1C[C@H](NC(=O)Cc2ccc(CN)cc2)c2c(Cl)cc(Cl)cc2N1. The highest BCUT2D eigenvalue weighted by atomic mass is 35.5. The lowest BCUT2D eigenvalue weighted by Gasteiger charge is -2.33. The highest BCUT2D eigenvalue weighted by Crippen LogP contribution is 2.40. The Morgan fingerprint density at radius 1 is 1.12 bits per heavy atom. The second-order valence-electron chi connectivity index (χ2n) is 8.33. The average Bonchev–Trinajstić information content (AvgIpc) is 2.78. The van der Waals surface area contributed by atoms with Crippen LogP contribution in [0.2, 0.25) is 10.0 Å². The molecule has 1 aliphatic rings. The number of amides is 1. The number of halogens is 2. The van der Waals surface area contributed by atoms with Gasteiger partial charge in [-0.15, -0.1) is 0 Å². The number of hydrogen-bond donors (Lipinski definition) is 3.